The molecule has 3 rings (SSSR count). The van der Waals surface area contributed by atoms with Gasteiger partial charge in [-0.1, -0.05) is 29.8 Å². The van der Waals surface area contributed by atoms with Crippen molar-refractivity contribution in [2.75, 3.05) is 19.6 Å². The number of aryl methyl sites for hydroxylation is 1. The minimum absolute atomic E-state index is 0.177. The van der Waals surface area contributed by atoms with Gasteiger partial charge in [-0.3, -0.25) is 4.90 Å². The number of carbonyl (C=O) groups excluding carboxylic acids is 1. The molecule has 1 amide bonds. The molecule has 0 spiro atoms. The summed E-state index contributed by atoms with van der Waals surface area (Å²) in [5.41, 5.74) is 2.04. The Kier molecular flexibility index (Phi) is 3.89. The van der Waals surface area contributed by atoms with E-state index in [0.29, 0.717) is 19.0 Å². The molecule has 1 aromatic carbocycles. The van der Waals surface area contributed by atoms with Crippen molar-refractivity contribution in [3.63, 3.8) is 0 Å². The molecule has 2 atom stereocenters. The summed E-state index contributed by atoms with van der Waals surface area (Å²) < 4.78 is 5.74. The van der Waals surface area contributed by atoms with E-state index in [4.69, 9.17) is 4.74 Å². The molecule has 114 valence electrons. The molecular weight excluding hydrogens is 264 g/mol. The highest BCUT2D eigenvalue weighted by atomic mass is 16.6. The van der Waals surface area contributed by atoms with Gasteiger partial charge in [0.15, 0.2) is 0 Å². The van der Waals surface area contributed by atoms with Crippen LogP contribution in [0.5, 0.6) is 0 Å². The monoisotopic (exact) mass is 288 g/mol. The van der Waals surface area contributed by atoms with Gasteiger partial charge in [-0.2, -0.15) is 0 Å². The van der Waals surface area contributed by atoms with Crippen LogP contribution in [0.2, 0.25) is 0 Å². The van der Waals surface area contributed by atoms with Crippen molar-refractivity contribution in [1.82, 2.24) is 10.2 Å². The standard InChI is InChI=1S/C17H24N2O2/c1-13-5-7-14(8-6-13)11-19-12-17(2,21-16(19)20)15-4-3-9-18-10-15/h5-8,15,18H,3-4,9-12H2,1-2H3. The summed E-state index contributed by atoms with van der Waals surface area (Å²) in [5.74, 6) is 0.415. The number of hydrogen-bond acceptors (Lipinski definition) is 3. The van der Waals surface area contributed by atoms with Crippen LogP contribution in [0.25, 0.3) is 0 Å². The first-order valence-corrected chi connectivity index (χ1v) is 7.81. The number of amides is 1. The average Bonchev–Trinajstić information content (AvgIpc) is 2.78. The third-order valence-corrected chi connectivity index (χ3v) is 4.74. The lowest BCUT2D eigenvalue weighted by Gasteiger charge is -2.34. The first-order valence-electron chi connectivity index (χ1n) is 7.81. The van der Waals surface area contributed by atoms with E-state index < -0.39 is 0 Å². The largest absolute Gasteiger partial charge is 0.441 e. The number of piperidine rings is 1. The Hall–Kier alpha value is -1.55. The summed E-state index contributed by atoms with van der Waals surface area (Å²) in [5, 5.41) is 3.41. The van der Waals surface area contributed by atoms with E-state index in [2.05, 4.69) is 43.4 Å². The SMILES string of the molecule is Cc1ccc(CN2CC(C)(C3CCCNC3)OC2=O)cc1. The fraction of sp³-hybridized carbons (Fsp3) is 0.588. The molecule has 1 N–H and O–H groups in total. The summed E-state index contributed by atoms with van der Waals surface area (Å²) in [4.78, 5) is 14.0. The molecule has 0 bridgehead atoms. The zero-order chi connectivity index (χ0) is 14.9. The van der Waals surface area contributed by atoms with Gasteiger partial charge < -0.3 is 10.1 Å². The number of cyclic esters (lactones) is 1. The van der Waals surface area contributed by atoms with Crippen molar-refractivity contribution in [3.8, 4) is 0 Å². The zero-order valence-electron chi connectivity index (χ0n) is 12.9. The Balaban J connectivity index is 1.67. The number of hydrogen-bond donors (Lipinski definition) is 1. The molecule has 4 heteroatoms. The zero-order valence-corrected chi connectivity index (χ0v) is 12.9. The molecule has 0 radical (unpaired) electrons. The highest BCUT2D eigenvalue weighted by Gasteiger charge is 2.46. The van der Waals surface area contributed by atoms with Gasteiger partial charge >= 0.3 is 6.09 Å². The fourth-order valence-corrected chi connectivity index (χ4v) is 3.36. The van der Waals surface area contributed by atoms with Gasteiger partial charge in [0, 0.05) is 19.0 Å². The highest BCUT2D eigenvalue weighted by Crippen LogP contribution is 2.34. The van der Waals surface area contributed by atoms with Crippen molar-refractivity contribution in [3.05, 3.63) is 35.4 Å². The maximum atomic E-state index is 12.2. The molecule has 1 aromatic rings. The Morgan fingerprint density at radius 1 is 1.38 bits per heavy atom. The normalized spacial score (nSPS) is 29.5. The molecule has 4 nitrogen and oxygen atoms in total. The van der Waals surface area contributed by atoms with Crippen molar-refractivity contribution in [2.24, 2.45) is 5.92 Å². The van der Waals surface area contributed by atoms with E-state index in [9.17, 15) is 4.79 Å². The van der Waals surface area contributed by atoms with Gasteiger partial charge in [0.1, 0.15) is 5.60 Å². The smallest absolute Gasteiger partial charge is 0.410 e. The van der Waals surface area contributed by atoms with Crippen LogP contribution in [-0.4, -0.2) is 36.2 Å². The lowest BCUT2D eigenvalue weighted by Crippen LogP contribution is -2.46. The van der Waals surface area contributed by atoms with Gasteiger partial charge in [0.05, 0.1) is 6.54 Å². The summed E-state index contributed by atoms with van der Waals surface area (Å²) in [6, 6.07) is 8.34. The number of rotatable bonds is 3. The van der Waals surface area contributed by atoms with Crippen LogP contribution in [0.3, 0.4) is 0 Å². The lowest BCUT2D eigenvalue weighted by molar-refractivity contribution is 0.0121. The molecule has 2 fully saturated rings. The summed E-state index contributed by atoms with van der Waals surface area (Å²) in [6.45, 7) is 7.50. The third kappa shape index (κ3) is 3.05. The summed E-state index contributed by atoms with van der Waals surface area (Å²) in [7, 11) is 0. The molecule has 0 aromatic heterocycles. The summed E-state index contributed by atoms with van der Waals surface area (Å²) in [6.07, 6.45) is 2.12. The number of benzene rings is 1. The quantitative estimate of drug-likeness (QED) is 0.930. The van der Waals surface area contributed by atoms with E-state index >= 15 is 0 Å². The maximum Gasteiger partial charge on any atom is 0.410 e. The second-order valence-electron chi connectivity index (χ2n) is 6.57. The molecule has 21 heavy (non-hydrogen) atoms. The summed E-state index contributed by atoms with van der Waals surface area (Å²) >= 11 is 0. The molecule has 2 aliphatic rings. The first kappa shape index (κ1) is 14.4. The number of nitrogens with one attached hydrogen (secondary N) is 1. The Labute approximate surface area is 126 Å². The van der Waals surface area contributed by atoms with Crippen LogP contribution in [0.4, 0.5) is 4.79 Å². The highest BCUT2D eigenvalue weighted by molar-refractivity contribution is 5.70. The van der Waals surface area contributed by atoms with Crippen molar-refractivity contribution in [2.45, 2.75) is 38.8 Å². The minimum Gasteiger partial charge on any atom is -0.441 e. The molecule has 2 unspecified atom stereocenters. The van der Waals surface area contributed by atoms with Crippen molar-refractivity contribution < 1.29 is 9.53 Å². The molecule has 2 saturated heterocycles. The minimum atomic E-state index is -0.352. The van der Waals surface area contributed by atoms with Crippen molar-refractivity contribution >= 4 is 6.09 Å². The van der Waals surface area contributed by atoms with Gasteiger partial charge in [0.2, 0.25) is 0 Å². The second kappa shape index (κ2) is 5.68. The molecule has 0 saturated carbocycles. The van der Waals surface area contributed by atoms with Gasteiger partial charge in [-0.25, -0.2) is 4.79 Å². The van der Waals surface area contributed by atoms with E-state index in [1.165, 1.54) is 5.56 Å². The van der Waals surface area contributed by atoms with Crippen LogP contribution in [0, 0.1) is 12.8 Å². The Bertz CT molecular complexity index is 508. The average molecular weight is 288 g/mol. The lowest BCUT2D eigenvalue weighted by atomic mass is 9.83. The van der Waals surface area contributed by atoms with Crippen LogP contribution in [0.1, 0.15) is 30.9 Å². The number of carbonyl (C=O) groups is 1. The predicted octanol–water partition coefficient (Wildman–Crippen LogP) is 2.71. The van der Waals surface area contributed by atoms with E-state index in [1.54, 1.807) is 0 Å². The van der Waals surface area contributed by atoms with Crippen LogP contribution in [-0.2, 0) is 11.3 Å². The molecular formula is C17H24N2O2. The predicted molar refractivity (Wildman–Crippen MR) is 82.1 cm³/mol. The van der Waals surface area contributed by atoms with Gasteiger partial charge in [0.25, 0.3) is 0 Å². The van der Waals surface area contributed by atoms with Gasteiger partial charge in [-0.05, 0) is 38.8 Å². The molecule has 2 aliphatic heterocycles. The molecule has 0 aliphatic carbocycles. The number of nitrogens with zero attached hydrogens (tertiary/aromatic N) is 1. The Morgan fingerprint density at radius 2 is 2.14 bits per heavy atom. The van der Waals surface area contributed by atoms with E-state index in [1.807, 2.05) is 4.90 Å². The fourth-order valence-electron chi connectivity index (χ4n) is 3.36. The van der Waals surface area contributed by atoms with Crippen LogP contribution < -0.4 is 5.32 Å². The van der Waals surface area contributed by atoms with Crippen molar-refractivity contribution in [1.29, 1.82) is 0 Å². The van der Waals surface area contributed by atoms with Crippen LogP contribution in [0.15, 0.2) is 24.3 Å². The first-order chi connectivity index (χ1) is 10.1. The second-order valence-corrected chi connectivity index (χ2v) is 6.57. The Morgan fingerprint density at radius 3 is 2.81 bits per heavy atom. The topological polar surface area (TPSA) is 41.6 Å². The van der Waals surface area contributed by atoms with Crippen LogP contribution >= 0.6 is 0 Å². The van der Waals surface area contributed by atoms with E-state index in [-0.39, 0.29) is 11.7 Å². The van der Waals surface area contributed by atoms with Gasteiger partial charge in [-0.15, -0.1) is 0 Å². The number of ether oxygens (including phenoxy) is 1. The van der Waals surface area contributed by atoms with E-state index in [0.717, 1.165) is 31.5 Å². The third-order valence-electron chi connectivity index (χ3n) is 4.74. The maximum absolute atomic E-state index is 12.2. The molecule has 2 heterocycles.